The van der Waals surface area contributed by atoms with E-state index in [0.717, 1.165) is 6.08 Å². The lowest BCUT2D eigenvalue weighted by Crippen LogP contribution is -2.21. The van der Waals surface area contributed by atoms with Crippen LogP contribution in [-0.2, 0) is 14.3 Å². The Morgan fingerprint density at radius 3 is 2.50 bits per heavy atom. The van der Waals surface area contributed by atoms with Crippen molar-refractivity contribution in [1.82, 2.24) is 0 Å². The molecule has 0 aromatic carbocycles. The molecule has 0 aliphatic rings. The van der Waals surface area contributed by atoms with Gasteiger partial charge in [-0.25, -0.2) is 14.6 Å². The molecule has 0 saturated heterocycles. The van der Waals surface area contributed by atoms with Gasteiger partial charge in [-0.1, -0.05) is 6.58 Å². The molecule has 0 aliphatic heterocycles. The third-order valence-corrected chi connectivity index (χ3v) is 1.09. The third-order valence-electron chi connectivity index (χ3n) is 1.09. The van der Waals surface area contributed by atoms with Gasteiger partial charge in [0.05, 0.1) is 6.54 Å². The Morgan fingerprint density at radius 2 is 2.07 bits per heavy atom. The summed E-state index contributed by atoms with van der Waals surface area (Å²) in [5.74, 6) is -1.57. The Hall–Kier alpha value is -1.62. The molecule has 0 aliphatic carbocycles. The van der Waals surface area contributed by atoms with E-state index in [1.54, 1.807) is 0 Å². The molecule has 0 aromatic rings. The van der Waals surface area contributed by atoms with Gasteiger partial charge in [-0.3, -0.25) is 0 Å². The largest absolute Gasteiger partial charge is 0.460 e. The van der Waals surface area contributed by atoms with Crippen LogP contribution >= 0.6 is 0 Å². The first kappa shape index (κ1) is 12.4. The predicted octanol–water partition coefficient (Wildman–Crippen LogP) is 0.984. The smallest absolute Gasteiger partial charge is 0.422 e. The number of hydrogen-bond donors (Lipinski definition) is 0. The minimum Gasteiger partial charge on any atom is -0.460 e. The lowest BCUT2D eigenvalue weighted by molar-refractivity contribution is -0.150. The van der Waals surface area contributed by atoms with E-state index < -0.39 is 24.3 Å². The maximum absolute atomic E-state index is 11.8. The van der Waals surface area contributed by atoms with Crippen LogP contribution in [0.5, 0.6) is 0 Å². The van der Waals surface area contributed by atoms with E-state index >= 15 is 0 Å². The van der Waals surface area contributed by atoms with Crippen LogP contribution in [0.2, 0.25) is 0 Å². The highest BCUT2D eigenvalue weighted by Gasteiger charge is 2.37. The Morgan fingerprint density at radius 1 is 1.50 bits per heavy atom. The molecule has 0 unspecified atom stereocenters. The monoisotopic (exact) mass is 209 g/mol. The highest BCUT2D eigenvalue weighted by Crippen LogP contribution is 2.24. The molecular formula is C7H6F3NO3. The average molecular weight is 209 g/mol. The van der Waals surface area contributed by atoms with Crippen LogP contribution < -0.4 is 0 Å². The van der Waals surface area contributed by atoms with Gasteiger partial charge in [0.25, 0.3) is 0 Å². The van der Waals surface area contributed by atoms with Crippen LogP contribution in [0.3, 0.4) is 0 Å². The molecule has 0 rings (SSSR count). The van der Waals surface area contributed by atoms with Crippen LogP contribution in [0.4, 0.5) is 13.2 Å². The van der Waals surface area contributed by atoms with Crippen molar-refractivity contribution >= 4 is 12.0 Å². The Labute approximate surface area is 77.1 Å². The fourth-order valence-electron chi connectivity index (χ4n) is 0.432. The SMILES string of the molecule is C=C(C(=O)OCCN=C=O)C(F)(F)F. The summed E-state index contributed by atoms with van der Waals surface area (Å²) < 4.78 is 39.5. The lowest BCUT2D eigenvalue weighted by Gasteiger charge is -2.08. The molecule has 0 atom stereocenters. The first-order valence-corrected chi connectivity index (χ1v) is 3.36. The molecule has 4 nitrogen and oxygen atoms in total. The maximum Gasteiger partial charge on any atom is 0.422 e. The maximum atomic E-state index is 11.8. The predicted molar refractivity (Wildman–Crippen MR) is 39.1 cm³/mol. The summed E-state index contributed by atoms with van der Waals surface area (Å²) in [5.41, 5.74) is -1.59. The molecule has 0 radical (unpaired) electrons. The summed E-state index contributed by atoms with van der Waals surface area (Å²) in [6.45, 7) is 1.88. The van der Waals surface area contributed by atoms with Gasteiger partial charge in [0.1, 0.15) is 12.2 Å². The average Bonchev–Trinajstić information content (AvgIpc) is 2.09. The molecule has 0 amide bonds. The fourth-order valence-corrected chi connectivity index (χ4v) is 0.432. The Balaban J connectivity index is 3.98. The molecule has 0 bridgehead atoms. The van der Waals surface area contributed by atoms with E-state index in [1.165, 1.54) is 0 Å². The van der Waals surface area contributed by atoms with E-state index in [4.69, 9.17) is 0 Å². The third kappa shape index (κ3) is 4.42. The van der Waals surface area contributed by atoms with Gasteiger partial charge in [0.2, 0.25) is 6.08 Å². The van der Waals surface area contributed by atoms with Crippen molar-refractivity contribution < 1.29 is 27.5 Å². The number of hydrogen-bond acceptors (Lipinski definition) is 4. The standard InChI is InChI=1S/C7H6F3NO3/c1-5(7(8,9)10)6(13)14-3-2-11-4-12/h1-3H2. The molecule has 0 heterocycles. The highest BCUT2D eigenvalue weighted by molar-refractivity contribution is 5.89. The minimum atomic E-state index is -4.80. The van der Waals surface area contributed by atoms with Gasteiger partial charge in [-0.15, -0.1) is 0 Å². The summed E-state index contributed by atoms with van der Waals surface area (Å²) in [5, 5.41) is 0. The number of aliphatic imine (C=N–C) groups is 1. The fraction of sp³-hybridized carbons (Fsp3) is 0.429. The van der Waals surface area contributed by atoms with E-state index in [-0.39, 0.29) is 6.54 Å². The molecular weight excluding hydrogens is 203 g/mol. The summed E-state index contributed by atoms with van der Waals surface area (Å²) >= 11 is 0. The molecule has 14 heavy (non-hydrogen) atoms. The Bertz CT molecular complexity index is 278. The lowest BCUT2D eigenvalue weighted by atomic mass is 10.3. The number of carbonyl (C=O) groups excluding carboxylic acids is 2. The number of rotatable bonds is 4. The first-order chi connectivity index (χ1) is 6.39. The van der Waals surface area contributed by atoms with Crippen molar-refractivity contribution in [3.05, 3.63) is 12.2 Å². The molecule has 7 heteroatoms. The first-order valence-electron chi connectivity index (χ1n) is 3.36. The number of halogens is 3. The Kier molecular flexibility index (Phi) is 4.58. The number of carbonyl (C=O) groups is 1. The molecule has 0 N–H and O–H groups in total. The van der Waals surface area contributed by atoms with Crippen LogP contribution in [0.1, 0.15) is 0 Å². The number of alkyl halides is 3. The number of isocyanates is 1. The van der Waals surface area contributed by atoms with Crippen molar-refractivity contribution in [1.29, 1.82) is 0 Å². The molecule has 0 aromatic heterocycles. The van der Waals surface area contributed by atoms with Crippen molar-refractivity contribution in [3.8, 4) is 0 Å². The molecule has 0 spiro atoms. The highest BCUT2D eigenvalue weighted by atomic mass is 19.4. The zero-order chi connectivity index (χ0) is 11.2. The molecule has 0 fully saturated rings. The summed E-state index contributed by atoms with van der Waals surface area (Å²) in [6, 6.07) is 0. The second-order valence-corrected chi connectivity index (χ2v) is 2.09. The van der Waals surface area contributed by atoms with Gasteiger partial charge in [-0.05, 0) is 0 Å². The summed E-state index contributed by atoms with van der Waals surface area (Å²) in [4.78, 5) is 23.1. The van der Waals surface area contributed by atoms with Crippen molar-refractivity contribution in [2.24, 2.45) is 4.99 Å². The quantitative estimate of drug-likeness (QED) is 0.228. The van der Waals surface area contributed by atoms with Gasteiger partial charge in [-0.2, -0.15) is 13.2 Å². The van der Waals surface area contributed by atoms with E-state index in [9.17, 15) is 22.8 Å². The topological polar surface area (TPSA) is 55.7 Å². The van der Waals surface area contributed by atoms with Crippen molar-refractivity contribution in [2.75, 3.05) is 13.2 Å². The van der Waals surface area contributed by atoms with Crippen LogP contribution in [0, 0.1) is 0 Å². The molecule has 0 saturated carbocycles. The zero-order valence-electron chi connectivity index (χ0n) is 6.93. The van der Waals surface area contributed by atoms with Crippen LogP contribution in [-0.4, -0.2) is 31.4 Å². The zero-order valence-corrected chi connectivity index (χ0v) is 6.93. The van der Waals surface area contributed by atoms with Gasteiger partial charge >= 0.3 is 12.1 Å². The number of esters is 1. The number of ether oxygens (including phenoxy) is 1. The summed E-state index contributed by atoms with van der Waals surface area (Å²) in [7, 11) is 0. The van der Waals surface area contributed by atoms with Crippen molar-refractivity contribution in [2.45, 2.75) is 6.18 Å². The van der Waals surface area contributed by atoms with Gasteiger partial charge in [0.15, 0.2) is 0 Å². The number of nitrogens with zero attached hydrogens (tertiary/aromatic N) is 1. The second-order valence-electron chi connectivity index (χ2n) is 2.09. The minimum absolute atomic E-state index is 0.222. The molecule has 78 valence electrons. The van der Waals surface area contributed by atoms with E-state index in [1.807, 2.05) is 0 Å². The van der Waals surface area contributed by atoms with E-state index in [0.29, 0.717) is 0 Å². The van der Waals surface area contributed by atoms with Crippen molar-refractivity contribution in [3.63, 3.8) is 0 Å². The normalized spacial score (nSPS) is 10.2. The van der Waals surface area contributed by atoms with Crippen LogP contribution in [0.25, 0.3) is 0 Å². The van der Waals surface area contributed by atoms with Crippen LogP contribution in [0.15, 0.2) is 17.1 Å². The van der Waals surface area contributed by atoms with E-state index in [2.05, 4.69) is 16.3 Å². The summed E-state index contributed by atoms with van der Waals surface area (Å²) in [6.07, 6.45) is -3.66. The second kappa shape index (κ2) is 5.18. The van der Waals surface area contributed by atoms with Gasteiger partial charge in [0, 0.05) is 0 Å². The van der Waals surface area contributed by atoms with Gasteiger partial charge < -0.3 is 4.74 Å².